The summed E-state index contributed by atoms with van der Waals surface area (Å²) in [4.78, 5) is 2.14. The van der Waals surface area contributed by atoms with Gasteiger partial charge < -0.3 is 19.9 Å². The molecule has 1 aliphatic heterocycles. The van der Waals surface area contributed by atoms with Crippen molar-refractivity contribution >= 4 is 11.6 Å². The third kappa shape index (κ3) is 3.35. The zero-order valence-corrected chi connectivity index (χ0v) is 12.7. The van der Waals surface area contributed by atoms with Crippen LogP contribution in [0.4, 0.5) is 0 Å². The van der Waals surface area contributed by atoms with Gasteiger partial charge in [0.2, 0.25) is 0 Å². The summed E-state index contributed by atoms with van der Waals surface area (Å²) in [6.07, 6.45) is 0. The summed E-state index contributed by atoms with van der Waals surface area (Å²) in [6.45, 7) is 3.02. The lowest BCUT2D eigenvalue weighted by Crippen LogP contribution is -2.33. The van der Waals surface area contributed by atoms with Crippen LogP contribution in [0.5, 0.6) is 11.5 Å². The van der Waals surface area contributed by atoms with Crippen molar-refractivity contribution in [1.82, 2.24) is 4.90 Å². The first kappa shape index (κ1) is 15.4. The van der Waals surface area contributed by atoms with Gasteiger partial charge in [-0.1, -0.05) is 11.6 Å². The first-order chi connectivity index (χ1) is 9.67. The largest absolute Gasteiger partial charge is 0.486 e. The molecular weight excluding hydrogens is 280 g/mol. The number of hydrogen-bond donors (Lipinski definition) is 1. The molecule has 1 aromatic rings. The molecule has 0 saturated carbocycles. The smallest absolute Gasteiger partial charge is 0.179 e. The number of halogens is 1. The summed E-state index contributed by atoms with van der Waals surface area (Å²) in [5.74, 6) is 1.31. The predicted molar refractivity (Wildman–Crippen MR) is 78.7 cm³/mol. The van der Waals surface area contributed by atoms with E-state index in [0.717, 1.165) is 12.1 Å². The van der Waals surface area contributed by atoms with Crippen LogP contribution in [-0.4, -0.2) is 52.0 Å². The fourth-order valence-corrected chi connectivity index (χ4v) is 2.56. The molecule has 5 nitrogen and oxygen atoms in total. The van der Waals surface area contributed by atoms with E-state index >= 15 is 0 Å². The van der Waals surface area contributed by atoms with Crippen molar-refractivity contribution in [2.45, 2.75) is 6.04 Å². The van der Waals surface area contributed by atoms with Crippen molar-refractivity contribution in [3.8, 4) is 11.5 Å². The zero-order chi connectivity index (χ0) is 14.5. The van der Waals surface area contributed by atoms with Crippen molar-refractivity contribution < 1.29 is 14.2 Å². The fraction of sp³-hybridized carbons (Fsp3) is 0.571. The lowest BCUT2D eigenvalue weighted by Gasteiger charge is -2.28. The average Bonchev–Trinajstić information content (AvgIpc) is 2.46. The third-order valence-electron chi connectivity index (χ3n) is 3.41. The summed E-state index contributed by atoms with van der Waals surface area (Å²) < 4.78 is 16.2. The number of methoxy groups -OCH3 is 1. The maximum atomic E-state index is 6.27. The van der Waals surface area contributed by atoms with Crippen LogP contribution in [0.2, 0.25) is 5.02 Å². The molecule has 6 heteroatoms. The maximum absolute atomic E-state index is 6.27. The summed E-state index contributed by atoms with van der Waals surface area (Å²) in [5.41, 5.74) is 6.93. The second-order valence-electron chi connectivity index (χ2n) is 4.75. The summed E-state index contributed by atoms with van der Waals surface area (Å²) >= 11 is 6.27. The van der Waals surface area contributed by atoms with Crippen LogP contribution < -0.4 is 15.2 Å². The monoisotopic (exact) mass is 300 g/mol. The minimum atomic E-state index is 0.0680. The number of hydrogen-bond acceptors (Lipinski definition) is 5. The van der Waals surface area contributed by atoms with Gasteiger partial charge in [-0.2, -0.15) is 0 Å². The third-order valence-corrected chi connectivity index (χ3v) is 3.69. The van der Waals surface area contributed by atoms with Gasteiger partial charge in [0, 0.05) is 26.2 Å². The van der Waals surface area contributed by atoms with Gasteiger partial charge in [0.15, 0.2) is 11.5 Å². The lowest BCUT2D eigenvalue weighted by molar-refractivity contribution is 0.139. The Kier molecular flexibility index (Phi) is 5.48. The highest BCUT2D eigenvalue weighted by atomic mass is 35.5. The molecule has 1 aliphatic rings. The number of ether oxygens (including phenoxy) is 3. The van der Waals surface area contributed by atoms with E-state index < -0.39 is 0 Å². The Labute approximate surface area is 124 Å². The van der Waals surface area contributed by atoms with E-state index in [1.54, 1.807) is 7.11 Å². The van der Waals surface area contributed by atoms with Crippen molar-refractivity contribution in [2.75, 3.05) is 47.1 Å². The topological polar surface area (TPSA) is 57.0 Å². The van der Waals surface area contributed by atoms with E-state index in [-0.39, 0.29) is 6.04 Å². The molecule has 1 heterocycles. The summed E-state index contributed by atoms with van der Waals surface area (Å²) in [6, 6.07) is 3.93. The number of fused-ring (bicyclic) bond motifs is 1. The van der Waals surface area contributed by atoms with Gasteiger partial charge in [-0.3, -0.25) is 4.90 Å². The molecular formula is C14H21ClN2O3. The lowest BCUT2D eigenvalue weighted by atomic mass is 10.0. The molecule has 112 valence electrons. The van der Waals surface area contributed by atoms with Gasteiger partial charge in [-0.25, -0.2) is 0 Å². The average molecular weight is 301 g/mol. The SMILES string of the molecule is COCCN(C)C(CN)c1cc(Cl)c2c(c1)OCCO2. The summed E-state index contributed by atoms with van der Waals surface area (Å²) in [7, 11) is 3.70. The molecule has 0 radical (unpaired) electrons. The molecule has 0 aliphatic carbocycles. The number of rotatable bonds is 6. The quantitative estimate of drug-likeness (QED) is 0.866. The number of nitrogens with two attached hydrogens (primary N) is 1. The van der Waals surface area contributed by atoms with Crippen LogP contribution in [0.1, 0.15) is 11.6 Å². The Morgan fingerprint density at radius 2 is 2.15 bits per heavy atom. The number of benzene rings is 1. The van der Waals surface area contributed by atoms with Crippen LogP contribution in [0.25, 0.3) is 0 Å². The Balaban J connectivity index is 2.23. The Hall–Kier alpha value is -1.01. The second-order valence-corrected chi connectivity index (χ2v) is 5.16. The standard InChI is InChI=1S/C14H21ClN2O3/c1-17(3-4-18-2)12(9-16)10-7-11(15)14-13(8-10)19-5-6-20-14/h7-8,12H,3-6,9,16H2,1-2H3. The second kappa shape index (κ2) is 7.13. The van der Waals surface area contributed by atoms with Crippen LogP contribution in [0.15, 0.2) is 12.1 Å². The van der Waals surface area contributed by atoms with Crippen molar-refractivity contribution in [1.29, 1.82) is 0 Å². The van der Waals surface area contributed by atoms with Gasteiger partial charge in [0.05, 0.1) is 11.6 Å². The highest BCUT2D eigenvalue weighted by Crippen LogP contribution is 2.40. The van der Waals surface area contributed by atoms with Gasteiger partial charge in [-0.15, -0.1) is 0 Å². The summed E-state index contributed by atoms with van der Waals surface area (Å²) in [5, 5.41) is 0.566. The van der Waals surface area contributed by atoms with Gasteiger partial charge in [0.1, 0.15) is 13.2 Å². The minimum absolute atomic E-state index is 0.0680. The van der Waals surface area contributed by atoms with Gasteiger partial charge >= 0.3 is 0 Å². The molecule has 0 amide bonds. The normalized spacial score (nSPS) is 15.4. The van der Waals surface area contributed by atoms with E-state index in [1.165, 1.54) is 0 Å². The predicted octanol–water partition coefficient (Wildman–Crippen LogP) is 1.69. The van der Waals surface area contributed by atoms with Crippen LogP contribution in [0.3, 0.4) is 0 Å². The van der Waals surface area contributed by atoms with Crippen molar-refractivity contribution in [2.24, 2.45) is 5.73 Å². The van der Waals surface area contributed by atoms with Crippen molar-refractivity contribution in [3.05, 3.63) is 22.7 Å². The zero-order valence-electron chi connectivity index (χ0n) is 11.9. The Bertz CT molecular complexity index is 456. The fourth-order valence-electron chi connectivity index (χ4n) is 2.28. The molecule has 20 heavy (non-hydrogen) atoms. The Morgan fingerprint density at radius 3 is 2.85 bits per heavy atom. The highest BCUT2D eigenvalue weighted by Gasteiger charge is 2.22. The molecule has 0 bridgehead atoms. The number of likely N-dealkylation sites (N-methyl/N-ethyl adjacent to an activating group) is 1. The van der Waals surface area contributed by atoms with E-state index in [4.69, 9.17) is 31.5 Å². The molecule has 2 N–H and O–H groups in total. The molecule has 0 saturated heterocycles. The molecule has 0 spiro atoms. The van der Waals surface area contributed by atoms with E-state index in [2.05, 4.69) is 4.90 Å². The van der Waals surface area contributed by atoms with E-state index in [1.807, 2.05) is 19.2 Å². The van der Waals surface area contributed by atoms with Crippen LogP contribution in [-0.2, 0) is 4.74 Å². The maximum Gasteiger partial charge on any atom is 0.179 e. The molecule has 2 rings (SSSR count). The Morgan fingerprint density at radius 1 is 1.40 bits per heavy atom. The molecule has 0 aromatic heterocycles. The minimum Gasteiger partial charge on any atom is -0.486 e. The number of nitrogens with zero attached hydrogens (tertiary/aromatic N) is 1. The first-order valence-corrected chi connectivity index (χ1v) is 7.03. The van der Waals surface area contributed by atoms with E-state index in [0.29, 0.717) is 42.9 Å². The van der Waals surface area contributed by atoms with Crippen LogP contribution >= 0.6 is 11.6 Å². The van der Waals surface area contributed by atoms with Crippen molar-refractivity contribution in [3.63, 3.8) is 0 Å². The first-order valence-electron chi connectivity index (χ1n) is 6.65. The molecule has 0 fully saturated rings. The molecule has 1 atom stereocenters. The van der Waals surface area contributed by atoms with Gasteiger partial charge in [-0.05, 0) is 24.7 Å². The van der Waals surface area contributed by atoms with Crippen LogP contribution in [0, 0.1) is 0 Å². The molecule has 1 unspecified atom stereocenters. The van der Waals surface area contributed by atoms with E-state index in [9.17, 15) is 0 Å². The molecule has 1 aromatic carbocycles. The highest BCUT2D eigenvalue weighted by molar-refractivity contribution is 6.32. The van der Waals surface area contributed by atoms with Gasteiger partial charge in [0.25, 0.3) is 0 Å².